The molecule has 0 saturated heterocycles. The number of benzene rings is 7. The Morgan fingerprint density at radius 2 is 0.955 bits per heavy atom. The monoisotopic (exact) mass is 563 g/mol. The number of nitrogens with zero attached hydrogens (tertiary/aromatic N) is 1. The molecule has 208 valence electrons. The fourth-order valence-corrected chi connectivity index (χ4v) is 6.12. The molecule has 2 heteroatoms. The Hall–Kier alpha value is -5.86. The normalized spacial score (nSPS) is 11.2. The van der Waals surface area contributed by atoms with Crippen LogP contribution >= 0.6 is 0 Å². The van der Waals surface area contributed by atoms with Gasteiger partial charge in [0, 0.05) is 22.3 Å². The van der Waals surface area contributed by atoms with Crippen molar-refractivity contribution in [1.82, 2.24) is 0 Å². The zero-order valence-corrected chi connectivity index (χ0v) is 24.1. The minimum absolute atomic E-state index is 0.847. The highest BCUT2D eigenvalue weighted by atomic mass is 16.3. The van der Waals surface area contributed by atoms with Crippen LogP contribution in [0.15, 0.2) is 180 Å². The van der Waals surface area contributed by atoms with Crippen molar-refractivity contribution in [3.05, 3.63) is 176 Å². The highest BCUT2D eigenvalue weighted by Crippen LogP contribution is 2.43. The molecular weight excluding hydrogens is 534 g/mol. The molecule has 0 aliphatic carbocycles. The molecule has 0 radical (unpaired) electrons. The van der Waals surface area contributed by atoms with Crippen LogP contribution in [0.25, 0.3) is 55.3 Å². The maximum Gasteiger partial charge on any atom is 0.137 e. The second kappa shape index (κ2) is 11.1. The fourth-order valence-electron chi connectivity index (χ4n) is 6.12. The first-order chi connectivity index (χ1) is 21.8. The predicted molar refractivity (Wildman–Crippen MR) is 185 cm³/mol. The highest BCUT2D eigenvalue weighted by Gasteiger charge is 2.19. The largest absolute Gasteiger partial charge is 0.456 e. The average Bonchev–Trinajstić information content (AvgIpc) is 3.54. The number of anilines is 3. The smallest absolute Gasteiger partial charge is 0.137 e. The summed E-state index contributed by atoms with van der Waals surface area (Å²) in [7, 11) is 0. The van der Waals surface area contributed by atoms with Crippen molar-refractivity contribution in [2.24, 2.45) is 0 Å². The molecule has 0 saturated carbocycles. The van der Waals surface area contributed by atoms with Crippen LogP contribution in [0.4, 0.5) is 17.1 Å². The van der Waals surface area contributed by atoms with Gasteiger partial charge in [-0.1, -0.05) is 127 Å². The van der Waals surface area contributed by atoms with Crippen LogP contribution in [-0.4, -0.2) is 0 Å². The van der Waals surface area contributed by atoms with Gasteiger partial charge in [-0.05, 0) is 81.6 Å². The first kappa shape index (κ1) is 25.8. The second-order valence-electron chi connectivity index (χ2n) is 11.0. The molecule has 2 nitrogen and oxygen atoms in total. The van der Waals surface area contributed by atoms with Gasteiger partial charge in [0.2, 0.25) is 0 Å². The van der Waals surface area contributed by atoms with E-state index in [0.29, 0.717) is 0 Å². The van der Waals surface area contributed by atoms with Crippen LogP contribution < -0.4 is 4.90 Å². The van der Waals surface area contributed by atoms with Gasteiger partial charge in [0.15, 0.2) is 0 Å². The van der Waals surface area contributed by atoms with E-state index in [-0.39, 0.29) is 0 Å². The number of fused-ring (bicyclic) bond motifs is 2. The SMILES string of the molecule is c1ccc(-c2ccc(N(c3ccc(-c4cccc5ccccc45)cc3)c3ccccc3-c3cc4ccccc4o3)cc2)cc1. The van der Waals surface area contributed by atoms with E-state index in [2.05, 4.69) is 163 Å². The fraction of sp³-hybridized carbons (Fsp3) is 0. The lowest BCUT2D eigenvalue weighted by molar-refractivity contribution is 0.631. The van der Waals surface area contributed by atoms with Gasteiger partial charge in [-0.3, -0.25) is 0 Å². The molecule has 0 spiro atoms. The molecule has 0 unspecified atom stereocenters. The van der Waals surface area contributed by atoms with Crippen LogP contribution in [0.3, 0.4) is 0 Å². The molecule has 7 aromatic carbocycles. The molecule has 0 aliphatic rings. The molecule has 8 rings (SSSR count). The van der Waals surface area contributed by atoms with E-state index < -0.39 is 0 Å². The van der Waals surface area contributed by atoms with Gasteiger partial charge in [-0.15, -0.1) is 0 Å². The van der Waals surface area contributed by atoms with E-state index >= 15 is 0 Å². The summed E-state index contributed by atoms with van der Waals surface area (Å²) in [4.78, 5) is 2.32. The van der Waals surface area contributed by atoms with E-state index in [1.165, 1.54) is 33.0 Å². The van der Waals surface area contributed by atoms with Crippen molar-refractivity contribution >= 4 is 38.8 Å². The van der Waals surface area contributed by atoms with Gasteiger partial charge < -0.3 is 9.32 Å². The van der Waals surface area contributed by atoms with Gasteiger partial charge in [-0.25, -0.2) is 0 Å². The summed E-state index contributed by atoms with van der Waals surface area (Å²) in [5.74, 6) is 0.847. The molecule has 0 fully saturated rings. The molecule has 0 aliphatic heterocycles. The lowest BCUT2D eigenvalue weighted by atomic mass is 9.98. The zero-order chi connectivity index (χ0) is 29.3. The number of hydrogen-bond acceptors (Lipinski definition) is 2. The Bertz CT molecular complexity index is 2170. The lowest BCUT2D eigenvalue weighted by Crippen LogP contribution is -2.11. The topological polar surface area (TPSA) is 16.4 Å². The van der Waals surface area contributed by atoms with E-state index in [1.54, 1.807) is 0 Å². The molecule has 1 aromatic heterocycles. The highest BCUT2D eigenvalue weighted by molar-refractivity contribution is 5.97. The molecule has 0 atom stereocenters. The molecule has 44 heavy (non-hydrogen) atoms. The maximum absolute atomic E-state index is 6.38. The van der Waals surface area contributed by atoms with E-state index in [0.717, 1.165) is 39.4 Å². The maximum atomic E-state index is 6.38. The Morgan fingerprint density at radius 3 is 1.73 bits per heavy atom. The van der Waals surface area contributed by atoms with Crippen LogP contribution in [0.2, 0.25) is 0 Å². The molecular formula is C42H29NO. The van der Waals surface area contributed by atoms with Crippen LogP contribution in [0, 0.1) is 0 Å². The Kier molecular flexibility index (Phi) is 6.51. The van der Waals surface area contributed by atoms with E-state index in [9.17, 15) is 0 Å². The first-order valence-corrected chi connectivity index (χ1v) is 14.9. The standard InChI is InChI=1S/C42H29NO/c1-2-11-30(12-3-1)31-21-25-35(26-22-31)43(40-19-8-7-17-39(40)42-29-34-14-5-9-20-41(34)44-42)36-27-23-33(24-28-36)38-18-10-15-32-13-4-6-16-37(32)38/h1-29H. The van der Waals surface area contributed by atoms with Gasteiger partial charge in [0.1, 0.15) is 11.3 Å². The van der Waals surface area contributed by atoms with Gasteiger partial charge in [-0.2, -0.15) is 0 Å². The summed E-state index contributed by atoms with van der Waals surface area (Å²) in [5.41, 5.74) is 9.93. The summed E-state index contributed by atoms with van der Waals surface area (Å²) in [5, 5.41) is 3.59. The molecule has 0 amide bonds. The van der Waals surface area contributed by atoms with Gasteiger partial charge in [0.25, 0.3) is 0 Å². The second-order valence-corrected chi connectivity index (χ2v) is 11.0. The Labute approximate surface area is 257 Å². The Balaban J connectivity index is 1.26. The van der Waals surface area contributed by atoms with Crippen LogP contribution in [0.5, 0.6) is 0 Å². The lowest BCUT2D eigenvalue weighted by Gasteiger charge is -2.27. The predicted octanol–water partition coefficient (Wildman–Crippen LogP) is 12.1. The molecule has 8 aromatic rings. The van der Waals surface area contributed by atoms with Crippen LogP contribution in [0.1, 0.15) is 0 Å². The summed E-state index contributed by atoms with van der Waals surface area (Å²) in [6.07, 6.45) is 0. The van der Waals surface area contributed by atoms with Crippen molar-refractivity contribution in [3.63, 3.8) is 0 Å². The van der Waals surface area contributed by atoms with Gasteiger partial charge in [0.05, 0.1) is 5.69 Å². The number of hydrogen-bond donors (Lipinski definition) is 0. The molecule has 0 N–H and O–H groups in total. The van der Waals surface area contributed by atoms with Crippen molar-refractivity contribution in [3.8, 4) is 33.6 Å². The minimum Gasteiger partial charge on any atom is -0.456 e. The third kappa shape index (κ3) is 4.73. The number of rotatable bonds is 6. The zero-order valence-electron chi connectivity index (χ0n) is 24.1. The third-order valence-electron chi connectivity index (χ3n) is 8.29. The van der Waals surface area contributed by atoms with Crippen molar-refractivity contribution in [1.29, 1.82) is 0 Å². The van der Waals surface area contributed by atoms with E-state index in [4.69, 9.17) is 4.42 Å². The third-order valence-corrected chi connectivity index (χ3v) is 8.29. The first-order valence-electron chi connectivity index (χ1n) is 14.9. The summed E-state index contributed by atoms with van der Waals surface area (Å²) in [6, 6.07) is 62.1. The molecule has 0 bridgehead atoms. The van der Waals surface area contributed by atoms with Crippen molar-refractivity contribution < 1.29 is 4.42 Å². The van der Waals surface area contributed by atoms with E-state index in [1.807, 2.05) is 18.2 Å². The number of para-hydroxylation sites is 2. The van der Waals surface area contributed by atoms with Crippen LogP contribution in [-0.2, 0) is 0 Å². The summed E-state index contributed by atoms with van der Waals surface area (Å²) in [6.45, 7) is 0. The quantitative estimate of drug-likeness (QED) is 0.200. The van der Waals surface area contributed by atoms with Crippen molar-refractivity contribution in [2.75, 3.05) is 4.90 Å². The summed E-state index contributed by atoms with van der Waals surface area (Å²) >= 11 is 0. The molecule has 1 heterocycles. The Morgan fingerprint density at radius 1 is 0.386 bits per heavy atom. The number of furan rings is 1. The van der Waals surface area contributed by atoms with Crippen molar-refractivity contribution in [2.45, 2.75) is 0 Å². The minimum atomic E-state index is 0.847. The summed E-state index contributed by atoms with van der Waals surface area (Å²) < 4.78 is 6.38. The average molecular weight is 564 g/mol. The van der Waals surface area contributed by atoms with Gasteiger partial charge >= 0.3 is 0 Å².